The smallest absolute Gasteiger partial charge is 0.303 e. The number of halogens is 1. The second-order valence-corrected chi connectivity index (χ2v) is 4.80. The van der Waals surface area contributed by atoms with Crippen molar-refractivity contribution in [1.29, 1.82) is 5.26 Å². The first-order chi connectivity index (χ1) is 6.53. The van der Waals surface area contributed by atoms with Crippen molar-refractivity contribution in [2.75, 3.05) is 19.0 Å². The quantitative estimate of drug-likeness (QED) is 0.663. The molecule has 0 aromatic heterocycles. The van der Waals surface area contributed by atoms with Crippen LogP contribution in [0, 0.1) is 23.2 Å². The highest BCUT2D eigenvalue weighted by atomic mass is 32.3. The molecule has 14 heavy (non-hydrogen) atoms. The lowest BCUT2D eigenvalue weighted by molar-refractivity contribution is 0.0571. The van der Waals surface area contributed by atoms with Gasteiger partial charge in [0.1, 0.15) is 0 Å². The van der Waals surface area contributed by atoms with Gasteiger partial charge in [-0.1, -0.05) is 0 Å². The monoisotopic (exact) mass is 221 g/mol. The fourth-order valence-electron chi connectivity index (χ4n) is 1.61. The molecule has 0 aromatic carbocycles. The molecule has 1 aliphatic rings. The zero-order valence-corrected chi connectivity index (χ0v) is 8.46. The highest BCUT2D eigenvalue weighted by molar-refractivity contribution is 7.86. The molecule has 0 aliphatic carbocycles. The fourth-order valence-corrected chi connectivity index (χ4v) is 2.39. The predicted molar refractivity (Wildman–Crippen MR) is 47.5 cm³/mol. The van der Waals surface area contributed by atoms with E-state index in [2.05, 4.69) is 0 Å². The summed E-state index contributed by atoms with van der Waals surface area (Å²) in [5.41, 5.74) is 0. The molecule has 0 radical (unpaired) electrons. The summed E-state index contributed by atoms with van der Waals surface area (Å²) in [6.07, 6.45) is 1.27. The Balaban J connectivity index is 2.58. The van der Waals surface area contributed by atoms with Crippen LogP contribution in [0.2, 0.25) is 0 Å². The second-order valence-electron chi connectivity index (χ2n) is 3.39. The SMILES string of the molecule is N#CC(CS(=O)(=O)F)C1CCOCC1. The maximum absolute atomic E-state index is 12.4. The van der Waals surface area contributed by atoms with Crippen molar-refractivity contribution in [3.05, 3.63) is 0 Å². The number of ether oxygens (including phenoxy) is 1. The fraction of sp³-hybridized carbons (Fsp3) is 0.875. The van der Waals surface area contributed by atoms with E-state index in [0.29, 0.717) is 26.1 Å². The van der Waals surface area contributed by atoms with Crippen LogP contribution in [-0.4, -0.2) is 27.4 Å². The zero-order chi connectivity index (χ0) is 10.6. The summed E-state index contributed by atoms with van der Waals surface area (Å²) < 4.78 is 38.2. The minimum absolute atomic E-state index is 0.0562. The average Bonchev–Trinajstić information content (AvgIpc) is 2.14. The van der Waals surface area contributed by atoms with Gasteiger partial charge in [-0.25, -0.2) is 0 Å². The standard InChI is InChI=1S/C8H12FNO3S/c9-14(11,12)6-8(5-10)7-1-3-13-4-2-7/h7-8H,1-4,6H2. The van der Waals surface area contributed by atoms with Gasteiger partial charge in [-0.05, 0) is 18.8 Å². The highest BCUT2D eigenvalue weighted by Crippen LogP contribution is 2.24. The van der Waals surface area contributed by atoms with Gasteiger partial charge in [-0.2, -0.15) is 13.7 Å². The van der Waals surface area contributed by atoms with Crippen LogP contribution in [0.4, 0.5) is 3.89 Å². The topological polar surface area (TPSA) is 67.2 Å². The summed E-state index contributed by atoms with van der Waals surface area (Å²) in [6.45, 7) is 1.05. The molecule has 0 aromatic rings. The molecule has 1 aliphatic heterocycles. The van der Waals surface area contributed by atoms with Crippen molar-refractivity contribution in [3.63, 3.8) is 0 Å². The highest BCUT2D eigenvalue weighted by Gasteiger charge is 2.28. The predicted octanol–water partition coefficient (Wildman–Crippen LogP) is 0.852. The molecule has 6 heteroatoms. The maximum Gasteiger partial charge on any atom is 0.303 e. The number of rotatable bonds is 3. The Bertz CT molecular complexity index is 316. The second kappa shape index (κ2) is 4.71. The first-order valence-corrected chi connectivity index (χ1v) is 5.98. The number of nitrogens with zero attached hydrogens (tertiary/aromatic N) is 1. The summed E-state index contributed by atoms with van der Waals surface area (Å²) in [7, 11) is -4.55. The van der Waals surface area contributed by atoms with Crippen LogP contribution in [0.25, 0.3) is 0 Å². The van der Waals surface area contributed by atoms with Gasteiger partial charge in [-0.3, -0.25) is 0 Å². The minimum Gasteiger partial charge on any atom is -0.381 e. The van der Waals surface area contributed by atoms with Gasteiger partial charge >= 0.3 is 10.2 Å². The molecule has 1 fully saturated rings. The van der Waals surface area contributed by atoms with Crippen LogP contribution < -0.4 is 0 Å². The van der Waals surface area contributed by atoms with E-state index in [1.807, 2.05) is 6.07 Å². The van der Waals surface area contributed by atoms with E-state index >= 15 is 0 Å². The molecule has 4 nitrogen and oxygen atoms in total. The van der Waals surface area contributed by atoms with Crippen molar-refractivity contribution < 1.29 is 17.0 Å². The third-order valence-corrected chi connectivity index (χ3v) is 3.14. The van der Waals surface area contributed by atoms with Crippen LogP contribution in [0.5, 0.6) is 0 Å². The zero-order valence-electron chi connectivity index (χ0n) is 7.65. The van der Waals surface area contributed by atoms with E-state index in [9.17, 15) is 12.3 Å². The normalized spacial score (nSPS) is 21.4. The maximum atomic E-state index is 12.4. The van der Waals surface area contributed by atoms with E-state index in [4.69, 9.17) is 10.00 Å². The number of nitriles is 1. The average molecular weight is 221 g/mol. The van der Waals surface area contributed by atoms with Crippen LogP contribution in [0.3, 0.4) is 0 Å². The first kappa shape index (κ1) is 11.4. The summed E-state index contributed by atoms with van der Waals surface area (Å²) >= 11 is 0. The van der Waals surface area contributed by atoms with E-state index in [0.717, 1.165) is 0 Å². The minimum atomic E-state index is -4.55. The largest absolute Gasteiger partial charge is 0.381 e. The summed E-state index contributed by atoms with van der Waals surface area (Å²) in [6, 6.07) is 1.85. The Morgan fingerprint density at radius 1 is 1.50 bits per heavy atom. The third-order valence-electron chi connectivity index (χ3n) is 2.38. The van der Waals surface area contributed by atoms with Crippen LogP contribution in [0.1, 0.15) is 12.8 Å². The van der Waals surface area contributed by atoms with Gasteiger partial charge in [0.15, 0.2) is 0 Å². The molecular weight excluding hydrogens is 209 g/mol. The van der Waals surface area contributed by atoms with Crippen molar-refractivity contribution in [2.24, 2.45) is 11.8 Å². The summed E-state index contributed by atoms with van der Waals surface area (Å²) in [5, 5.41) is 8.72. The van der Waals surface area contributed by atoms with Gasteiger partial charge in [0, 0.05) is 13.2 Å². The van der Waals surface area contributed by atoms with Gasteiger partial charge in [0.2, 0.25) is 0 Å². The lowest BCUT2D eigenvalue weighted by atomic mass is 9.88. The Morgan fingerprint density at radius 2 is 2.07 bits per heavy atom. The lowest BCUT2D eigenvalue weighted by Crippen LogP contribution is -2.26. The number of hydrogen-bond donors (Lipinski definition) is 0. The van der Waals surface area contributed by atoms with Crippen molar-refractivity contribution in [1.82, 2.24) is 0 Å². The molecule has 0 bridgehead atoms. The number of hydrogen-bond acceptors (Lipinski definition) is 4. The Morgan fingerprint density at radius 3 is 2.50 bits per heavy atom. The molecular formula is C8H12FNO3S. The van der Waals surface area contributed by atoms with Gasteiger partial charge in [0.25, 0.3) is 0 Å². The molecule has 0 spiro atoms. The van der Waals surface area contributed by atoms with Gasteiger partial charge < -0.3 is 4.74 Å². The van der Waals surface area contributed by atoms with Crippen molar-refractivity contribution >= 4 is 10.2 Å². The molecule has 1 unspecified atom stereocenters. The first-order valence-electron chi connectivity index (χ1n) is 4.42. The van der Waals surface area contributed by atoms with E-state index < -0.39 is 21.9 Å². The Labute approximate surface area is 82.9 Å². The van der Waals surface area contributed by atoms with Crippen LogP contribution >= 0.6 is 0 Å². The third kappa shape index (κ3) is 3.60. The van der Waals surface area contributed by atoms with Crippen LogP contribution in [0.15, 0.2) is 0 Å². The van der Waals surface area contributed by atoms with Crippen LogP contribution in [-0.2, 0) is 15.0 Å². The molecule has 0 N–H and O–H groups in total. The van der Waals surface area contributed by atoms with Gasteiger partial charge in [0.05, 0.1) is 17.7 Å². The van der Waals surface area contributed by atoms with E-state index in [-0.39, 0.29) is 5.92 Å². The van der Waals surface area contributed by atoms with Crippen molar-refractivity contribution in [3.8, 4) is 6.07 Å². The lowest BCUT2D eigenvalue weighted by Gasteiger charge is -2.24. The molecule has 80 valence electrons. The molecule has 0 amide bonds. The van der Waals surface area contributed by atoms with E-state index in [1.54, 1.807) is 0 Å². The molecule has 1 atom stereocenters. The summed E-state index contributed by atoms with van der Waals surface area (Å²) in [4.78, 5) is 0. The van der Waals surface area contributed by atoms with Gasteiger partial charge in [-0.15, -0.1) is 3.89 Å². The Hall–Kier alpha value is -0.670. The van der Waals surface area contributed by atoms with E-state index in [1.165, 1.54) is 0 Å². The molecule has 1 heterocycles. The molecule has 1 rings (SSSR count). The summed E-state index contributed by atoms with van der Waals surface area (Å²) in [5.74, 6) is -1.48. The Kier molecular flexibility index (Phi) is 3.84. The molecule has 1 saturated heterocycles. The molecule has 0 saturated carbocycles. The van der Waals surface area contributed by atoms with Crippen molar-refractivity contribution in [2.45, 2.75) is 12.8 Å².